The maximum Gasteiger partial charge on any atom is 0.123 e. The van der Waals surface area contributed by atoms with Crippen molar-refractivity contribution in [3.05, 3.63) is 65.0 Å². The lowest BCUT2D eigenvalue weighted by atomic mass is 9.90. The highest BCUT2D eigenvalue weighted by Crippen LogP contribution is 2.30. The van der Waals surface area contributed by atoms with Gasteiger partial charge in [0.1, 0.15) is 11.6 Å². The summed E-state index contributed by atoms with van der Waals surface area (Å²) < 4.78 is 13.3. The average molecular weight is 386 g/mol. The lowest BCUT2D eigenvalue weighted by Crippen LogP contribution is -2.26. The fraction of sp³-hybridized carbons (Fsp3) is 0.500. The molecule has 1 fully saturated rings. The van der Waals surface area contributed by atoms with Crippen LogP contribution in [0.15, 0.2) is 42.5 Å². The van der Waals surface area contributed by atoms with Crippen molar-refractivity contribution in [1.29, 1.82) is 0 Å². The van der Waals surface area contributed by atoms with Crippen molar-refractivity contribution in [3.8, 4) is 5.75 Å². The molecule has 4 heteroatoms. The number of phenols is 1. The predicted octanol–water partition coefficient (Wildman–Crippen LogP) is 4.51. The van der Waals surface area contributed by atoms with E-state index in [-0.39, 0.29) is 12.4 Å². The lowest BCUT2D eigenvalue weighted by molar-refractivity contribution is 0.195. The Labute approximate surface area is 167 Å². The first kappa shape index (κ1) is 20.8. The third kappa shape index (κ3) is 5.33. The Kier molecular flexibility index (Phi) is 7.08. The lowest BCUT2D eigenvalue weighted by Gasteiger charge is -2.21. The number of halogens is 1. The Balaban J connectivity index is 1.50. The zero-order valence-electron chi connectivity index (χ0n) is 16.9. The van der Waals surface area contributed by atoms with Gasteiger partial charge in [0.05, 0.1) is 0 Å². The molecule has 2 aromatic carbocycles. The minimum atomic E-state index is -0.171. The highest BCUT2D eigenvalue weighted by atomic mass is 19.1. The largest absolute Gasteiger partial charge is 0.508 e. The summed E-state index contributed by atoms with van der Waals surface area (Å²) >= 11 is 0. The van der Waals surface area contributed by atoms with E-state index in [9.17, 15) is 14.6 Å². The van der Waals surface area contributed by atoms with Crippen LogP contribution in [-0.2, 0) is 6.42 Å². The monoisotopic (exact) mass is 385 g/mol. The highest BCUT2D eigenvalue weighted by Gasteiger charge is 2.32. The first-order valence-corrected chi connectivity index (χ1v) is 10.3. The van der Waals surface area contributed by atoms with E-state index in [4.69, 9.17) is 0 Å². The Bertz CT molecular complexity index is 762. The van der Waals surface area contributed by atoms with Gasteiger partial charge in [-0.1, -0.05) is 25.1 Å². The van der Waals surface area contributed by atoms with Crippen LogP contribution in [0.3, 0.4) is 0 Å². The number of likely N-dealkylation sites (tertiary alicyclic amines) is 1. The number of rotatable bonds is 8. The highest BCUT2D eigenvalue weighted by molar-refractivity contribution is 5.28. The van der Waals surface area contributed by atoms with Gasteiger partial charge in [-0.25, -0.2) is 4.39 Å². The number of aromatic hydroxyl groups is 1. The van der Waals surface area contributed by atoms with E-state index in [2.05, 4.69) is 11.8 Å². The number of aliphatic hydroxyl groups is 1. The van der Waals surface area contributed by atoms with E-state index >= 15 is 0 Å². The zero-order chi connectivity index (χ0) is 20.1. The van der Waals surface area contributed by atoms with Gasteiger partial charge in [0.2, 0.25) is 0 Å². The van der Waals surface area contributed by atoms with Crippen LogP contribution in [0.4, 0.5) is 4.39 Å². The Hall–Kier alpha value is -1.91. The molecule has 1 aliphatic heterocycles. The standard InChI is InChI=1S/C24H32FNO2/c1-17-12-23(25)9-6-19(17)4-3-5-21-14-26(15-22(21)16-27)13-18(2)20-7-10-24(28)11-8-20/h6-12,18,21-22,27-28H,3-5,13-16H2,1-2H3/t18?,21-,22-/m1/s1. The summed E-state index contributed by atoms with van der Waals surface area (Å²) in [5, 5.41) is 19.3. The molecule has 1 heterocycles. The van der Waals surface area contributed by atoms with Crippen molar-refractivity contribution < 1.29 is 14.6 Å². The van der Waals surface area contributed by atoms with Crippen molar-refractivity contribution in [3.63, 3.8) is 0 Å². The Morgan fingerprint density at radius 1 is 1.11 bits per heavy atom. The second-order valence-electron chi connectivity index (χ2n) is 8.38. The topological polar surface area (TPSA) is 43.7 Å². The summed E-state index contributed by atoms with van der Waals surface area (Å²) in [5.74, 6) is 1.37. The number of aliphatic hydroxyl groups excluding tert-OH is 1. The summed E-state index contributed by atoms with van der Waals surface area (Å²) in [4.78, 5) is 2.46. The predicted molar refractivity (Wildman–Crippen MR) is 111 cm³/mol. The summed E-state index contributed by atoms with van der Waals surface area (Å²) in [6.07, 6.45) is 3.12. The maximum atomic E-state index is 13.3. The van der Waals surface area contributed by atoms with E-state index in [1.165, 1.54) is 11.1 Å². The second-order valence-corrected chi connectivity index (χ2v) is 8.38. The van der Waals surface area contributed by atoms with Gasteiger partial charge in [-0.05, 0) is 84.9 Å². The van der Waals surface area contributed by atoms with Crippen LogP contribution in [0.25, 0.3) is 0 Å². The number of benzene rings is 2. The smallest absolute Gasteiger partial charge is 0.123 e. The number of hydrogen-bond donors (Lipinski definition) is 2. The summed E-state index contributed by atoms with van der Waals surface area (Å²) in [5.41, 5.74) is 3.47. The van der Waals surface area contributed by atoms with E-state index in [1.54, 1.807) is 24.3 Å². The molecule has 0 aromatic heterocycles. The van der Waals surface area contributed by atoms with Gasteiger partial charge in [0, 0.05) is 26.2 Å². The molecule has 1 saturated heterocycles. The molecule has 3 atom stereocenters. The van der Waals surface area contributed by atoms with E-state index in [1.807, 2.05) is 25.1 Å². The fourth-order valence-electron chi connectivity index (χ4n) is 4.51. The third-order valence-electron chi connectivity index (χ3n) is 6.21. The molecule has 2 N–H and O–H groups in total. The molecule has 28 heavy (non-hydrogen) atoms. The molecule has 0 amide bonds. The van der Waals surface area contributed by atoms with E-state index in [0.717, 1.165) is 44.5 Å². The quantitative estimate of drug-likeness (QED) is 0.703. The Morgan fingerprint density at radius 2 is 1.82 bits per heavy atom. The number of phenolic OH excluding ortho intramolecular Hbond substituents is 1. The zero-order valence-corrected chi connectivity index (χ0v) is 16.9. The molecule has 152 valence electrons. The SMILES string of the molecule is Cc1cc(F)ccc1CCC[C@@H]1CN(CC(C)c2ccc(O)cc2)C[C@@H]1CO. The van der Waals surface area contributed by atoms with Crippen molar-refractivity contribution in [2.24, 2.45) is 11.8 Å². The van der Waals surface area contributed by atoms with Crippen molar-refractivity contribution >= 4 is 0 Å². The third-order valence-corrected chi connectivity index (χ3v) is 6.21. The van der Waals surface area contributed by atoms with Gasteiger partial charge in [-0.15, -0.1) is 0 Å². The van der Waals surface area contributed by atoms with Crippen LogP contribution in [0, 0.1) is 24.6 Å². The first-order chi connectivity index (χ1) is 13.5. The second kappa shape index (κ2) is 9.53. The van der Waals surface area contributed by atoms with E-state index in [0.29, 0.717) is 23.5 Å². The van der Waals surface area contributed by atoms with Gasteiger partial charge in [-0.3, -0.25) is 0 Å². The van der Waals surface area contributed by atoms with Gasteiger partial charge in [-0.2, -0.15) is 0 Å². The van der Waals surface area contributed by atoms with Crippen molar-refractivity contribution in [2.75, 3.05) is 26.2 Å². The molecule has 0 spiro atoms. The van der Waals surface area contributed by atoms with Gasteiger partial charge in [0.15, 0.2) is 0 Å². The van der Waals surface area contributed by atoms with Crippen LogP contribution in [0.2, 0.25) is 0 Å². The molecule has 1 aliphatic rings. The molecule has 3 nitrogen and oxygen atoms in total. The normalized spacial score (nSPS) is 21.1. The molecule has 2 aromatic rings. The molecule has 0 radical (unpaired) electrons. The fourth-order valence-corrected chi connectivity index (χ4v) is 4.51. The van der Waals surface area contributed by atoms with Crippen LogP contribution < -0.4 is 0 Å². The molecule has 0 bridgehead atoms. The van der Waals surface area contributed by atoms with Gasteiger partial charge in [0.25, 0.3) is 0 Å². The molecular weight excluding hydrogens is 353 g/mol. The van der Waals surface area contributed by atoms with Crippen LogP contribution in [-0.4, -0.2) is 41.4 Å². The Morgan fingerprint density at radius 3 is 2.50 bits per heavy atom. The molecule has 0 aliphatic carbocycles. The molecule has 1 unspecified atom stereocenters. The number of hydrogen-bond acceptors (Lipinski definition) is 3. The number of aryl methyl sites for hydroxylation is 2. The average Bonchev–Trinajstić information content (AvgIpc) is 3.05. The first-order valence-electron chi connectivity index (χ1n) is 10.3. The minimum Gasteiger partial charge on any atom is -0.508 e. The van der Waals surface area contributed by atoms with E-state index < -0.39 is 0 Å². The van der Waals surface area contributed by atoms with Gasteiger partial charge >= 0.3 is 0 Å². The minimum absolute atomic E-state index is 0.171. The van der Waals surface area contributed by atoms with Crippen LogP contribution in [0.1, 0.15) is 42.4 Å². The molecular formula is C24H32FNO2. The summed E-state index contributed by atoms with van der Waals surface area (Å²) in [6.45, 7) is 7.36. The van der Waals surface area contributed by atoms with Crippen molar-refractivity contribution in [2.45, 2.75) is 39.0 Å². The van der Waals surface area contributed by atoms with Crippen LogP contribution in [0.5, 0.6) is 5.75 Å². The summed E-state index contributed by atoms with van der Waals surface area (Å²) in [6, 6.07) is 12.5. The van der Waals surface area contributed by atoms with Crippen molar-refractivity contribution in [1.82, 2.24) is 4.90 Å². The maximum absolute atomic E-state index is 13.3. The molecule has 3 rings (SSSR count). The van der Waals surface area contributed by atoms with Gasteiger partial charge < -0.3 is 15.1 Å². The summed E-state index contributed by atoms with van der Waals surface area (Å²) in [7, 11) is 0. The van der Waals surface area contributed by atoms with Crippen LogP contribution >= 0.6 is 0 Å². The number of nitrogens with zero attached hydrogens (tertiary/aromatic N) is 1. The molecule has 0 saturated carbocycles.